The number of fused-ring (bicyclic) bond motifs is 1. The first-order valence-corrected chi connectivity index (χ1v) is 7.99. The van der Waals surface area contributed by atoms with Gasteiger partial charge in [0.15, 0.2) is 0 Å². The van der Waals surface area contributed by atoms with Crippen LogP contribution in [0.3, 0.4) is 0 Å². The van der Waals surface area contributed by atoms with E-state index in [0.717, 1.165) is 26.2 Å². The molecule has 0 radical (unpaired) electrons. The van der Waals surface area contributed by atoms with Crippen molar-refractivity contribution < 1.29 is 0 Å². The highest BCUT2D eigenvalue weighted by Crippen LogP contribution is 2.39. The highest BCUT2D eigenvalue weighted by atomic mass is 15.2. The van der Waals surface area contributed by atoms with E-state index in [2.05, 4.69) is 73.5 Å². The van der Waals surface area contributed by atoms with Crippen molar-refractivity contribution in [2.75, 3.05) is 26.2 Å². The van der Waals surface area contributed by atoms with Gasteiger partial charge in [0, 0.05) is 32.2 Å². The van der Waals surface area contributed by atoms with Gasteiger partial charge in [0.1, 0.15) is 0 Å². The molecule has 1 N–H and O–H groups in total. The van der Waals surface area contributed by atoms with Crippen molar-refractivity contribution in [1.82, 2.24) is 10.2 Å². The van der Waals surface area contributed by atoms with Crippen LogP contribution in [0.15, 0.2) is 42.5 Å². The third-order valence-corrected chi connectivity index (χ3v) is 4.43. The Bertz CT molecular complexity index is 606. The summed E-state index contributed by atoms with van der Waals surface area (Å²) in [7, 11) is 0. The predicted molar refractivity (Wildman–Crippen MR) is 90.6 cm³/mol. The van der Waals surface area contributed by atoms with Gasteiger partial charge in [0.05, 0.1) is 0 Å². The van der Waals surface area contributed by atoms with E-state index in [1.165, 1.54) is 16.3 Å². The van der Waals surface area contributed by atoms with E-state index >= 15 is 0 Å². The lowest BCUT2D eigenvalue weighted by molar-refractivity contribution is 0.0863. The van der Waals surface area contributed by atoms with Crippen molar-refractivity contribution in [3.05, 3.63) is 48.0 Å². The quantitative estimate of drug-likeness (QED) is 0.900. The van der Waals surface area contributed by atoms with Crippen LogP contribution in [0, 0.1) is 5.41 Å². The van der Waals surface area contributed by atoms with Crippen molar-refractivity contribution in [1.29, 1.82) is 0 Å². The van der Waals surface area contributed by atoms with Crippen LogP contribution in [0.2, 0.25) is 0 Å². The second-order valence-electron chi connectivity index (χ2n) is 7.16. The van der Waals surface area contributed by atoms with Crippen molar-refractivity contribution in [3.8, 4) is 0 Å². The summed E-state index contributed by atoms with van der Waals surface area (Å²) in [5, 5.41) is 6.14. The van der Waals surface area contributed by atoms with Crippen LogP contribution in [-0.2, 0) is 0 Å². The molecule has 21 heavy (non-hydrogen) atoms. The summed E-state index contributed by atoms with van der Waals surface area (Å²) in [6.07, 6.45) is 0. The number of nitrogens with zero attached hydrogens (tertiary/aromatic N) is 1. The van der Waals surface area contributed by atoms with Gasteiger partial charge in [0.2, 0.25) is 0 Å². The lowest BCUT2D eigenvalue weighted by Crippen LogP contribution is -2.48. The summed E-state index contributed by atoms with van der Waals surface area (Å²) in [4.78, 5) is 2.64. The molecule has 1 saturated heterocycles. The molecule has 1 aliphatic heterocycles. The van der Waals surface area contributed by atoms with Crippen molar-refractivity contribution in [2.24, 2.45) is 5.41 Å². The summed E-state index contributed by atoms with van der Waals surface area (Å²) in [5.74, 6) is 0. The van der Waals surface area contributed by atoms with Gasteiger partial charge in [-0.25, -0.2) is 0 Å². The van der Waals surface area contributed by atoms with Crippen molar-refractivity contribution >= 4 is 10.8 Å². The molecule has 0 amide bonds. The third kappa shape index (κ3) is 3.12. The van der Waals surface area contributed by atoms with E-state index in [9.17, 15) is 0 Å². The summed E-state index contributed by atoms with van der Waals surface area (Å²) >= 11 is 0. The Morgan fingerprint density at radius 3 is 2.29 bits per heavy atom. The van der Waals surface area contributed by atoms with Crippen molar-refractivity contribution in [3.63, 3.8) is 0 Å². The molecular formula is C19H26N2. The van der Waals surface area contributed by atoms with Gasteiger partial charge >= 0.3 is 0 Å². The van der Waals surface area contributed by atoms with E-state index in [4.69, 9.17) is 0 Å². The zero-order valence-corrected chi connectivity index (χ0v) is 13.4. The summed E-state index contributed by atoms with van der Waals surface area (Å²) < 4.78 is 0. The van der Waals surface area contributed by atoms with E-state index in [1.54, 1.807) is 0 Å². The first-order valence-electron chi connectivity index (χ1n) is 7.99. The fraction of sp³-hybridized carbons (Fsp3) is 0.474. The average molecular weight is 282 g/mol. The molecular weight excluding hydrogens is 256 g/mol. The minimum absolute atomic E-state index is 0.236. The molecule has 0 bridgehead atoms. The first kappa shape index (κ1) is 14.6. The minimum Gasteiger partial charge on any atom is -0.314 e. The van der Waals surface area contributed by atoms with Gasteiger partial charge < -0.3 is 5.32 Å². The van der Waals surface area contributed by atoms with Crippen LogP contribution in [0.1, 0.15) is 32.4 Å². The van der Waals surface area contributed by atoms with Gasteiger partial charge in [0.25, 0.3) is 0 Å². The molecule has 112 valence electrons. The maximum absolute atomic E-state index is 3.46. The van der Waals surface area contributed by atoms with Crippen LogP contribution in [0.4, 0.5) is 0 Å². The molecule has 0 saturated carbocycles. The topological polar surface area (TPSA) is 15.3 Å². The second kappa shape index (κ2) is 5.78. The molecule has 1 fully saturated rings. The maximum atomic E-state index is 3.46. The Hall–Kier alpha value is -1.38. The van der Waals surface area contributed by atoms with Gasteiger partial charge in [-0.05, 0) is 27.8 Å². The zero-order valence-electron chi connectivity index (χ0n) is 13.4. The van der Waals surface area contributed by atoms with Gasteiger partial charge in [-0.2, -0.15) is 0 Å². The molecule has 2 aromatic carbocycles. The Labute approximate surface area is 128 Å². The van der Waals surface area contributed by atoms with Crippen LogP contribution in [-0.4, -0.2) is 31.1 Å². The number of hydrogen-bond donors (Lipinski definition) is 1. The Morgan fingerprint density at radius 1 is 0.952 bits per heavy atom. The standard InChI is InChI=1S/C19H26N2/c1-19(2,3)18(21-12-10-20-11-13-21)17-9-8-15-6-4-5-7-16(15)14-17/h4-9,14,18,20H,10-13H2,1-3H3/t18-/m1/s1. The maximum Gasteiger partial charge on any atom is 0.0397 e. The molecule has 2 aromatic rings. The highest BCUT2D eigenvalue weighted by molar-refractivity contribution is 5.83. The molecule has 0 spiro atoms. The van der Waals surface area contributed by atoms with Gasteiger partial charge in [-0.15, -0.1) is 0 Å². The number of hydrogen-bond acceptors (Lipinski definition) is 2. The molecule has 1 aliphatic rings. The zero-order chi connectivity index (χ0) is 14.9. The fourth-order valence-corrected chi connectivity index (χ4v) is 3.58. The molecule has 0 aromatic heterocycles. The molecule has 3 rings (SSSR count). The Balaban J connectivity index is 2.01. The predicted octanol–water partition coefficient (Wildman–Crippen LogP) is 3.83. The highest BCUT2D eigenvalue weighted by Gasteiger charge is 2.32. The number of rotatable bonds is 2. The second-order valence-corrected chi connectivity index (χ2v) is 7.16. The molecule has 1 atom stereocenters. The van der Waals surface area contributed by atoms with E-state index in [-0.39, 0.29) is 5.41 Å². The summed E-state index contributed by atoms with van der Waals surface area (Å²) in [6, 6.07) is 16.1. The lowest BCUT2D eigenvalue weighted by atomic mass is 9.80. The molecule has 2 nitrogen and oxygen atoms in total. The van der Waals surface area contributed by atoms with Crippen LogP contribution < -0.4 is 5.32 Å². The monoisotopic (exact) mass is 282 g/mol. The summed E-state index contributed by atoms with van der Waals surface area (Å²) in [5.41, 5.74) is 1.68. The van der Waals surface area contributed by atoms with Crippen LogP contribution in [0.25, 0.3) is 10.8 Å². The van der Waals surface area contributed by atoms with Crippen LogP contribution >= 0.6 is 0 Å². The summed E-state index contributed by atoms with van der Waals surface area (Å²) in [6.45, 7) is 11.5. The first-order chi connectivity index (χ1) is 10.1. The van der Waals surface area contributed by atoms with Crippen LogP contribution in [0.5, 0.6) is 0 Å². The molecule has 1 heterocycles. The number of piperazine rings is 1. The van der Waals surface area contributed by atoms with E-state index in [1.807, 2.05) is 0 Å². The molecule has 0 unspecified atom stereocenters. The smallest absolute Gasteiger partial charge is 0.0397 e. The van der Waals surface area contributed by atoms with Gasteiger partial charge in [-0.3, -0.25) is 4.90 Å². The minimum atomic E-state index is 0.236. The van der Waals surface area contributed by atoms with E-state index in [0.29, 0.717) is 6.04 Å². The number of nitrogens with one attached hydrogen (secondary N) is 1. The average Bonchev–Trinajstić information content (AvgIpc) is 2.47. The Morgan fingerprint density at radius 2 is 1.62 bits per heavy atom. The number of benzene rings is 2. The van der Waals surface area contributed by atoms with Gasteiger partial charge in [-0.1, -0.05) is 57.2 Å². The fourth-order valence-electron chi connectivity index (χ4n) is 3.58. The Kier molecular flexibility index (Phi) is 4.01. The normalized spacial score (nSPS) is 18.8. The largest absolute Gasteiger partial charge is 0.314 e. The van der Waals surface area contributed by atoms with Crippen molar-refractivity contribution in [2.45, 2.75) is 26.8 Å². The SMILES string of the molecule is CC(C)(C)[C@@H](c1ccc2ccccc2c1)N1CCNCC1. The van der Waals surface area contributed by atoms with E-state index < -0.39 is 0 Å². The lowest BCUT2D eigenvalue weighted by Gasteiger charge is -2.42. The third-order valence-electron chi connectivity index (χ3n) is 4.43. The molecule has 0 aliphatic carbocycles. The molecule has 2 heteroatoms.